The summed E-state index contributed by atoms with van der Waals surface area (Å²) in [4.78, 5) is 12.8. The number of rotatable bonds is 10. The number of hydrogen-bond donors (Lipinski definition) is 1. The largest absolute Gasteiger partial charge is 0.497 e. The molecule has 0 atom stereocenters. The molecule has 1 N–H and O–H groups in total. The van der Waals surface area contributed by atoms with E-state index >= 15 is 0 Å². The minimum atomic E-state index is -4.10. The van der Waals surface area contributed by atoms with Crippen LogP contribution in [0.15, 0.2) is 77.7 Å². The van der Waals surface area contributed by atoms with Crippen LogP contribution in [0, 0.1) is 6.92 Å². The molecule has 3 aromatic rings. The Hall–Kier alpha value is -3.52. The number of hydrogen-bond acceptors (Lipinski definition) is 5. The van der Waals surface area contributed by atoms with Crippen LogP contribution < -0.4 is 19.1 Å². The molecule has 0 radical (unpaired) electrons. The van der Waals surface area contributed by atoms with Gasteiger partial charge in [0.15, 0.2) is 0 Å². The summed E-state index contributed by atoms with van der Waals surface area (Å²) in [6.07, 6.45) is 0.646. The number of aryl methyl sites for hydroxylation is 1. The minimum Gasteiger partial charge on any atom is -0.497 e. The summed E-state index contributed by atoms with van der Waals surface area (Å²) in [6.45, 7) is 1.82. The molecule has 0 heterocycles. The maximum Gasteiger partial charge on any atom is 0.268 e. The summed E-state index contributed by atoms with van der Waals surface area (Å²) in [5, 5.41) is 2.82. The van der Waals surface area contributed by atoms with Gasteiger partial charge in [-0.2, -0.15) is 0 Å². The van der Waals surface area contributed by atoms with E-state index in [1.807, 2.05) is 30.3 Å². The fourth-order valence-electron chi connectivity index (χ4n) is 3.35. The molecule has 3 rings (SSSR count). The van der Waals surface area contributed by atoms with Gasteiger partial charge in [0.05, 0.1) is 19.9 Å². The molecule has 3 aromatic carbocycles. The zero-order valence-electron chi connectivity index (χ0n) is 18.9. The summed E-state index contributed by atoms with van der Waals surface area (Å²) < 4.78 is 38.9. The number of benzene rings is 3. The predicted molar refractivity (Wildman–Crippen MR) is 128 cm³/mol. The molecule has 0 spiro atoms. The molecule has 7 nitrogen and oxygen atoms in total. The first-order valence-corrected chi connectivity index (χ1v) is 11.9. The first kappa shape index (κ1) is 24.1. The quantitative estimate of drug-likeness (QED) is 0.492. The number of nitrogens with one attached hydrogen (secondary N) is 1. The van der Waals surface area contributed by atoms with Crippen molar-refractivity contribution >= 4 is 21.6 Å². The normalized spacial score (nSPS) is 11.0. The highest BCUT2D eigenvalue weighted by molar-refractivity contribution is 7.93. The molecule has 33 heavy (non-hydrogen) atoms. The third-order valence-electron chi connectivity index (χ3n) is 5.11. The summed E-state index contributed by atoms with van der Waals surface area (Å²) in [7, 11) is -1.16. The molecule has 0 aliphatic heterocycles. The van der Waals surface area contributed by atoms with E-state index in [2.05, 4.69) is 5.32 Å². The Kier molecular flexibility index (Phi) is 7.95. The second kappa shape index (κ2) is 10.9. The van der Waals surface area contributed by atoms with Gasteiger partial charge in [0.2, 0.25) is 5.91 Å². The van der Waals surface area contributed by atoms with Crippen molar-refractivity contribution in [1.29, 1.82) is 0 Å². The van der Waals surface area contributed by atoms with E-state index in [1.165, 1.54) is 20.3 Å². The van der Waals surface area contributed by atoms with E-state index in [0.717, 1.165) is 15.4 Å². The van der Waals surface area contributed by atoms with Gasteiger partial charge < -0.3 is 14.8 Å². The van der Waals surface area contributed by atoms with Crippen LogP contribution in [0.4, 0.5) is 5.69 Å². The molecule has 8 heteroatoms. The lowest BCUT2D eigenvalue weighted by Crippen LogP contribution is -2.41. The maximum absolute atomic E-state index is 13.7. The average Bonchev–Trinajstić information content (AvgIpc) is 2.83. The van der Waals surface area contributed by atoms with Gasteiger partial charge in [-0.1, -0.05) is 36.4 Å². The van der Waals surface area contributed by atoms with Crippen LogP contribution in [0.3, 0.4) is 0 Å². The number of nitrogens with zero attached hydrogens (tertiary/aromatic N) is 1. The Labute approximate surface area is 195 Å². The Morgan fingerprint density at radius 2 is 1.64 bits per heavy atom. The predicted octanol–water partition coefficient (Wildman–Crippen LogP) is 3.57. The standard InChI is InChI=1S/C25H28N2O5S/c1-19-9-14-23(32-3)24(17-19)33(29,30)27(21-10-12-22(31-2)13-11-21)18-25(28)26-16-15-20-7-5-4-6-8-20/h4-14,17H,15-16,18H2,1-3H3,(H,26,28). The van der Waals surface area contributed by atoms with Crippen molar-refractivity contribution in [1.82, 2.24) is 5.32 Å². The lowest BCUT2D eigenvalue weighted by Gasteiger charge is -2.25. The molecule has 174 valence electrons. The molecule has 0 aliphatic carbocycles. The molecule has 0 fully saturated rings. The zero-order valence-corrected chi connectivity index (χ0v) is 19.8. The third kappa shape index (κ3) is 6.04. The van der Waals surface area contributed by atoms with E-state index in [0.29, 0.717) is 24.4 Å². The van der Waals surface area contributed by atoms with Crippen LogP contribution in [0.25, 0.3) is 0 Å². The smallest absolute Gasteiger partial charge is 0.268 e. The highest BCUT2D eigenvalue weighted by atomic mass is 32.2. The molecule has 0 aromatic heterocycles. The monoisotopic (exact) mass is 468 g/mol. The summed E-state index contributed by atoms with van der Waals surface area (Å²) >= 11 is 0. The molecular formula is C25H28N2O5S. The third-order valence-corrected chi connectivity index (χ3v) is 6.91. The van der Waals surface area contributed by atoms with Crippen LogP contribution in [0.2, 0.25) is 0 Å². The zero-order chi connectivity index (χ0) is 23.8. The number of anilines is 1. The lowest BCUT2D eigenvalue weighted by atomic mass is 10.1. The van der Waals surface area contributed by atoms with Crippen molar-refractivity contribution in [3.05, 3.63) is 83.9 Å². The number of sulfonamides is 1. The Balaban J connectivity index is 1.87. The second-order valence-electron chi connectivity index (χ2n) is 7.45. The van der Waals surface area contributed by atoms with Crippen molar-refractivity contribution in [2.75, 3.05) is 31.6 Å². The summed E-state index contributed by atoms with van der Waals surface area (Å²) in [5.74, 6) is 0.386. The number of ether oxygens (including phenoxy) is 2. The van der Waals surface area contributed by atoms with Crippen molar-refractivity contribution in [3.8, 4) is 11.5 Å². The molecule has 1 amide bonds. The molecule has 0 saturated heterocycles. The number of carbonyl (C=O) groups is 1. The molecule has 0 bridgehead atoms. The van der Waals surface area contributed by atoms with E-state index in [-0.39, 0.29) is 17.2 Å². The van der Waals surface area contributed by atoms with Gasteiger partial charge in [0, 0.05) is 6.54 Å². The van der Waals surface area contributed by atoms with E-state index in [9.17, 15) is 13.2 Å². The van der Waals surface area contributed by atoms with E-state index in [4.69, 9.17) is 9.47 Å². The highest BCUT2D eigenvalue weighted by Crippen LogP contribution is 2.31. The van der Waals surface area contributed by atoms with Gasteiger partial charge in [-0.15, -0.1) is 0 Å². The average molecular weight is 469 g/mol. The summed E-state index contributed by atoms with van der Waals surface area (Å²) in [5.41, 5.74) is 2.19. The molecule has 0 saturated carbocycles. The number of methoxy groups -OCH3 is 2. The Morgan fingerprint density at radius 3 is 2.27 bits per heavy atom. The number of carbonyl (C=O) groups excluding carboxylic acids is 1. The summed E-state index contributed by atoms with van der Waals surface area (Å²) in [6, 6.07) is 21.2. The molecule has 0 unspecified atom stereocenters. The van der Waals surface area contributed by atoms with Gasteiger partial charge in [0.25, 0.3) is 10.0 Å². The Bertz CT molecular complexity index is 1180. The first-order chi connectivity index (χ1) is 15.8. The fraction of sp³-hybridized carbons (Fsp3) is 0.240. The lowest BCUT2D eigenvalue weighted by molar-refractivity contribution is -0.119. The second-order valence-corrected chi connectivity index (χ2v) is 9.28. The first-order valence-electron chi connectivity index (χ1n) is 10.5. The highest BCUT2D eigenvalue weighted by Gasteiger charge is 2.30. The molecular weight excluding hydrogens is 440 g/mol. The van der Waals surface area contributed by atoms with Gasteiger partial charge in [-0.25, -0.2) is 8.42 Å². The van der Waals surface area contributed by atoms with E-state index < -0.39 is 15.9 Å². The van der Waals surface area contributed by atoms with Crippen LogP contribution in [-0.4, -0.2) is 41.6 Å². The van der Waals surface area contributed by atoms with Gasteiger partial charge in [-0.3, -0.25) is 9.10 Å². The van der Waals surface area contributed by atoms with Crippen LogP contribution >= 0.6 is 0 Å². The SMILES string of the molecule is COc1ccc(N(CC(=O)NCCc2ccccc2)S(=O)(=O)c2cc(C)ccc2OC)cc1. The Morgan fingerprint density at radius 1 is 0.939 bits per heavy atom. The van der Waals surface area contributed by atoms with E-state index in [1.54, 1.807) is 43.3 Å². The topological polar surface area (TPSA) is 84.9 Å². The van der Waals surface area contributed by atoms with Crippen LogP contribution in [-0.2, 0) is 21.2 Å². The van der Waals surface area contributed by atoms with Crippen LogP contribution in [0.5, 0.6) is 11.5 Å². The van der Waals surface area contributed by atoms with Gasteiger partial charge in [-0.05, 0) is 60.9 Å². The molecule has 0 aliphatic rings. The maximum atomic E-state index is 13.7. The number of amides is 1. The van der Waals surface area contributed by atoms with Crippen molar-refractivity contribution in [2.45, 2.75) is 18.2 Å². The minimum absolute atomic E-state index is 0.00194. The van der Waals surface area contributed by atoms with Crippen LogP contribution in [0.1, 0.15) is 11.1 Å². The van der Waals surface area contributed by atoms with Crippen molar-refractivity contribution < 1.29 is 22.7 Å². The van der Waals surface area contributed by atoms with Crippen molar-refractivity contribution in [2.24, 2.45) is 0 Å². The fourth-order valence-corrected chi connectivity index (χ4v) is 5.01. The van der Waals surface area contributed by atoms with Crippen molar-refractivity contribution in [3.63, 3.8) is 0 Å². The van der Waals surface area contributed by atoms with Gasteiger partial charge in [0.1, 0.15) is 22.9 Å². The van der Waals surface area contributed by atoms with Gasteiger partial charge >= 0.3 is 0 Å².